The minimum atomic E-state index is 0.0760. The van der Waals surface area contributed by atoms with E-state index in [1.165, 1.54) is 0 Å². The second-order valence-electron chi connectivity index (χ2n) is 2.42. The molecule has 0 bridgehead atoms. The Morgan fingerprint density at radius 3 is 3.45 bits per heavy atom. The van der Waals surface area contributed by atoms with Gasteiger partial charge in [-0.3, -0.25) is 0 Å². The molecule has 0 radical (unpaired) electrons. The molecule has 11 heavy (non-hydrogen) atoms. The molecule has 1 atom stereocenters. The SMILES string of the molecule is CNC1=CN2C=CNC2N=C1. The smallest absolute Gasteiger partial charge is 0.199 e. The van der Waals surface area contributed by atoms with Crippen LogP contribution in [0.5, 0.6) is 0 Å². The third-order valence-electron chi connectivity index (χ3n) is 1.71. The fourth-order valence-corrected chi connectivity index (χ4v) is 1.09. The standard InChI is InChI=1S/C7H10N4/c1-8-6-4-10-7-9-2-3-11(7)5-6/h2-5,7-9H,1H3. The van der Waals surface area contributed by atoms with Gasteiger partial charge in [-0.05, 0) is 0 Å². The zero-order chi connectivity index (χ0) is 7.68. The average Bonchev–Trinajstić information content (AvgIpc) is 2.50. The van der Waals surface area contributed by atoms with Crippen molar-refractivity contribution in [3.63, 3.8) is 0 Å². The molecule has 0 aromatic carbocycles. The molecule has 0 amide bonds. The number of aliphatic imine (C=N–C) groups is 1. The zero-order valence-electron chi connectivity index (χ0n) is 6.28. The van der Waals surface area contributed by atoms with Crippen LogP contribution in [0.15, 0.2) is 29.3 Å². The molecule has 4 heteroatoms. The van der Waals surface area contributed by atoms with Crippen molar-refractivity contribution in [3.05, 3.63) is 24.3 Å². The molecule has 2 N–H and O–H groups in total. The summed E-state index contributed by atoms with van der Waals surface area (Å²) in [5.41, 5.74) is 1.02. The summed E-state index contributed by atoms with van der Waals surface area (Å²) in [5, 5.41) is 6.10. The van der Waals surface area contributed by atoms with E-state index in [2.05, 4.69) is 15.6 Å². The fraction of sp³-hybridized carbons (Fsp3) is 0.286. The Labute approximate surface area is 65.3 Å². The third kappa shape index (κ3) is 0.960. The van der Waals surface area contributed by atoms with E-state index in [4.69, 9.17) is 0 Å². The number of rotatable bonds is 1. The van der Waals surface area contributed by atoms with Crippen LogP contribution >= 0.6 is 0 Å². The number of hydrogen-bond acceptors (Lipinski definition) is 4. The van der Waals surface area contributed by atoms with Crippen LogP contribution in [-0.4, -0.2) is 24.5 Å². The van der Waals surface area contributed by atoms with Gasteiger partial charge in [-0.25, -0.2) is 4.99 Å². The molecule has 2 aliphatic rings. The van der Waals surface area contributed by atoms with Crippen LogP contribution in [0, 0.1) is 0 Å². The van der Waals surface area contributed by atoms with Crippen LogP contribution in [0.1, 0.15) is 0 Å². The maximum Gasteiger partial charge on any atom is 0.199 e. The molecule has 2 heterocycles. The molecule has 0 fully saturated rings. The number of nitrogens with one attached hydrogen (secondary N) is 2. The van der Waals surface area contributed by atoms with Crippen molar-refractivity contribution in [1.82, 2.24) is 15.5 Å². The number of hydrogen-bond donors (Lipinski definition) is 2. The van der Waals surface area contributed by atoms with E-state index in [1.54, 1.807) is 0 Å². The molecule has 4 nitrogen and oxygen atoms in total. The average molecular weight is 150 g/mol. The Hall–Kier alpha value is -1.45. The second-order valence-corrected chi connectivity index (χ2v) is 2.42. The summed E-state index contributed by atoms with van der Waals surface area (Å²) in [7, 11) is 1.88. The first-order valence-corrected chi connectivity index (χ1v) is 3.53. The monoisotopic (exact) mass is 150 g/mol. The van der Waals surface area contributed by atoms with E-state index >= 15 is 0 Å². The molecule has 0 aliphatic carbocycles. The predicted molar refractivity (Wildman–Crippen MR) is 43.5 cm³/mol. The van der Waals surface area contributed by atoms with Gasteiger partial charge < -0.3 is 15.5 Å². The third-order valence-corrected chi connectivity index (χ3v) is 1.71. The van der Waals surface area contributed by atoms with E-state index < -0.39 is 0 Å². The summed E-state index contributed by atoms with van der Waals surface area (Å²) in [4.78, 5) is 6.25. The lowest BCUT2D eigenvalue weighted by Crippen LogP contribution is -2.34. The molecule has 0 spiro atoms. The van der Waals surface area contributed by atoms with E-state index in [9.17, 15) is 0 Å². The topological polar surface area (TPSA) is 39.7 Å². The Morgan fingerprint density at radius 1 is 1.73 bits per heavy atom. The largest absolute Gasteiger partial charge is 0.386 e. The van der Waals surface area contributed by atoms with Crippen LogP contribution in [0.4, 0.5) is 0 Å². The van der Waals surface area contributed by atoms with Gasteiger partial charge in [0, 0.05) is 25.6 Å². The highest BCUT2D eigenvalue weighted by molar-refractivity contribution is 5.78. The van der Waals surface area contributed by atoms with E-state index in [0.29, 0.717) is 0 Å². The van der Waals surface area contributed by atoms with Crippen molar-refractivity contribution in [1.29, 1.82) is 0 Å². The predicted octanol–water partition coefficient (Wildman–Crippen LogP) is -0.208. The lowest BCUT2D eigenvalue weighted by atomic mass is 10.4. The Kier molecular flexibility index (Phi) is 1.31. The van der Waals surface area contributed by atoms with Gasteiger partial charge >= 0.3 is 0 Å². The summed E-state index contributed by atoms with van der Waals surface area (Å²) in [6, 6.07) is 0. The number of nitrogens with zero attached hydrogens (tertiary/aromatic N) is 2. The highest BCUT2D eigenvalue weighted by atomic mass is 15.4. The van der Waals surface area contributed by atoms with Gasteiger partial charge in [0.25, 0.3) is 0 Å². The quantitative estimate of drug-likeness (QED) is 0.543. The molecule has 0 aromatic heterocycles. The Balaban J connectivity index is 2.19. The molecule has 0 saturated heterocycles. The first-order chi connectivity index (χ1) is 5.40. The minimum Gasteiger partial charge on any atom is -0.386 e. The van der Waals surface area contributed by atoms with Crippen molar-refractivity contribution < 1.29 is 0 Å². The van der Waals surface area contributed by atoms with Crippen molar-refractivity contribution in [2.45, 2.75) is 6.29 Å². The lowest BCUT2D eigenvalue weighted by Gasteiger charge is -2.22. The number of fused-ring (bicyclic) bond motifs is 1. The molecule has 58 valence electrons. The van der Waals surface area contributed by atoms with Crippen LogP contribution in [0.25, 0.3) is 0 Å². The van der Waals surface area contributed by atoms with E-state index in [0.717, 1.165) is 5.70 Å². The maximum atomic E-state index is 4.24. The molecular formula is C7H10N4. The van der Waals surface area contributed by atoms with Crippen LogP contribution in [-0.2, 0) is 0 Å². The number of allylic oxidation sites excluding steroid dienone is 1. The van der Waals surface area contributed by atoms with Gasteiger partial charge in [0.1, 0.15) is 0 Å². The highest BCUT2D eigenvalue weighted by Gasteiger charge is 2.17. The molecule has 1 unspecified atom stereocenters. The van der Waals surface area contributed by atoms with E-state index in [1.807, 2.05) is 36.8 Å². The summed E-state index contributed by atoms with van der Waals surface area (Å²) >= 11 is 0. The first-order valence-electron chi connectivity index (χ1n) is 3.53. The molecule has 2 aliphatic heterocycles. The van der Waals surface area contributed by atoms with E-state index in [-0.39, 0.29) is 6.29 Å². The van der Waals surface area contributed by atoms with Crippen molar-refractivity contribution in [3.8, 4) is 0 Å². The molecule has 2 rings (SSSR count). The Bertz CT molecular complexity index is 241. The maximum absolute atomic E-state index is 4.24. The molecular weight excluding hydrogens is 140 g/mol. The van der Waals surface area contributed by atoms with Crippen molar-refractivity contribution >= 4 is 6.21 Å². The molecule has 0 aromatic rings. The van der Waals surface area contributed by atoms with Gasteiger partial charge in [0.2, 0.25) is 0 Å². The zero-order valence-corrected chi connectivity index (χ0v) is 6.28. The van der Waals surface area contributed by atoms with Crippen molar-refractivity contribution in [2.75, 3.05) is 7.05 Å². The van der Waals surface area contributed by atoms with Gasteiger partial charge in [-0.1, -0.05) is 0 Å². The summed E-state index contributed by atoms with van der Waals surface area (Å²) < 4.78 is 0. The summed E-state index contributed by atoms with van der Waals surface area (Å²) in [6.07, 6.45) is 7.75. The highest BCUT2D eigenvalue weighted by Crippen LogP contribution is 2.11. The van der Waals surface area contributed by atoms with Gasteiger partial charge in [0.05, 0.1) is 11.9 Å². The summed E-state index contributed by atoms with van der Waals surface area (Å²) in [5.74, 6) is 0. The Morgan fingerprint density at radius 2 is 2.64 bits per heavy atom. The van der Waals surface area contributed by atoms with Gasteiger partial charge in [-0.2, -0.15) is 0 Å². The van der Waals surface area contributed by atoms with Crippen LogP contribution in [0.3, 0.4) is 0 Å². The van der Waals surface area contributed by atoms with Gasteiger partial charge in [-0.15, -0.1) is 0 Å². The second kappa shape index (κ2) is 2.30. The minimum absolute atomic E-state index is 0.0760. The van der Waals surface area contributed by atoms with Gasteiger partial charge in [0.15, 0.2) is 6.29 Å². The summed E-state index contributed by atoms with van der Waals surface area (Å²) in [6.45, 7) is 0. The lowest BCUT2D eigenvalue weighted by molar-refractivity contribution is 0.371. The van der Waals surface area contributed by atoms with Crippen LogP contribution < -0.4 is 10.6 Å². The fourth-order valence-electron chi connectivity index (χ4n) is 1.09. The molecule has 0 saturated carbocycles. The van der Waals surface area contributed by atoms with Crippen molar-refractivity contribution in [2.24, 2.45) is 4.99 Å². The normalized spacial score (nSPS) is 26.1. The first kappa shape index (κ1) is 6.27. The van der Waals surface area contributed by atoms with Crippen LogP contribution in [0.2, 0.25) is 0 Å².